The number of nitrogens with zero attached hydrogens (tertiary/aromatic N) is 1. The highest BCUT2D eigenvalue weighted by molar-refractivity contribution is 6.34. The molecule has 2 aromatic rings. The Labute approximate surface area is 146 Å². The molecule has 2 unspecified atom stereocenters. The molecule has 0 spiro atoms. The summed E-state index contributed by atoms with van der Waals surface area (Å²) in [5, 5.41) is 1.38. The van der Waals surface area contributed by atoms with E-state index in [0.29, 0.717) is 21.7 Å². The topological polar surface area (TPSA) is 46.1 Å². The summed E-state index contributed by atoms with van der Waals surface area (Å²) in [7, 11) is 0. The van der Waals surface area contributed by atoms with Gasteiger partial charge >= 0.3 is 0 Å². The lowest BCUT2D eigenvalue weighted by atomic mass is 10.1. The summed E-state index contributed by atoms with van der Waals surface area (Å²) in [6.07, 6.45) is 2.05. The molecule has 0 radical (unpaired) electrons. The maximum Gasteiger partial charge on any atom is 0.248 e. The van der Waals surface area contributed by atoms with Crippen LogP contribution in [0.2, 0.25) is 10.0 Å². The zero-order valence-corrected chi connectivity index (χ0v) is 14.1. The molecular weight excluding hydrogens is 331 g/mol. The lowest BCUT2D eigenvalue weighted by Gasteiger charge is -2.06. The van der Waals surface area contributed by atoms with Crippen LogP contribution in [0, 0.1) is 0 Å². The van der Waals surface area contributed by atoms with Gasteiger partial charge in [0, 0.05) is 28.2 Å². The molecule has 5 heteroatoms. The van der Waals surface area contributed by atoms with Crippen molar-refractivity contribution in [1.29, 1.82) is 0 Å². The lowest BCUT2D eigenvalue weighted by Crippen LogP contribution is -2.10. The van der Waals surface area contributed by atoms with Crippen LogP contribution in [-0.2, 0) is 6.42 Å². The Balaban J connectivity index is 1.48. The summed E-state index contributed by atoms with van der Waals surface area (Å²) in [6.45, 7) is 2.09. The summed E-state index contributed by atoms with van der Waals surface area (Å²) in [5.74, 6) is -0.385. The maximum absolute atomic E-state index is 11.0. The van der Waals surface area contributed by atoms with E-state index in [2.05, 4.69) is 4.90 Å². The Morgan fingerprint density at radius 1 is 1.13 bits per heavy atom. The highest BCUT2D eigenvalue weighted by Crippen LogP contribution is 2.37. The molecule has 1 amide bonds. The molecule has 120 valence electrons. The molecule has 1 saturated heterocycles. The maximum atomic E-state index is 11.0. The normalized spacial score (nSPS) is 19.6. The highest BCUT2D eigenvalue weighted by atomic mass is 35.5. The third-order valence-electron chi connectivity index (χ3n) is 4.13. The Morgan fingerprint density at radius 2 is 1.78 bits per heavy atom. The fraction of sp³-hybridized carbons (Fsp3) is 0.278. The number of amides is 1. The van der Waals surface area contributed by atoms with Gasteiger partial charge in [0.2, 0.25) is 5.91 Å². The molecule has 0 bridgehead atoms. The minimum Gasteiger partial charge on any atom is -0.366 e. The monoisotopic (exact) mass is 348 g/mol. The molecule has 0 aromatic heterocycles. The van der Waals surface area contributed by atoms with Crippen LogP contribution in [0.4, 0.5) is 0 Å². The van der Waals surface area contributed by atoms with Crippen LogP contribution in [0.15, 0.2) is 42.5 Å². The van der Waals surface area contributed by atoms with Crippen molar-refractivity contribution >= 4 is 29.1 Å². The quantitative estimate of drug-likeness (QED) is 0.799. The molecular formula is C18H18Cl2N2O. The van der Waals surface area contributed by atoms with Crippen molar-refractivity contribution in [2.45, 2.75) is 18.9 Å². The van der Waals surface area contributed by atoms with E-state index in [4.69, 9.17) is 28.9 Å². The molecule has 23 heavy (non-hydrogen) atoms. The Morgan fingerprint density at radius 3 is 2.39 bits per heavy atom. The molecule has 0 aliphatic carbocycles. The highest BCUT2D eigenvalue weighted by Gasteiger charge is 2.34. The number of carbonyl (C=O) groups excluding carboxylic acids is 1. The van der Waals surface area contributed by atoms with Crippen LogP contribution in [0.1, 0.15) is 33.9 Å². The average molecular weight is 349 g/mol. The Kier molecular flexibility index (Phi) is 4.90. The summed E-state index contributed by atoms with van der Waals surface area (Å²) in [5.41, 5.74) is 8.20. The van der Waals surface area contributed by atoms with Crippen LogP contribution in [0.3, 0.4) is 0 Å². The van der Waals surface area contributed by atoms with Crippen LogP contribution in [-0.4, -0.2) is 23.9 Å². The second-order valence-electron chi connectivity index (χ2n) is 5.88. The molecule has 2 N–H and O–H groups in total. The predicted octanol–water partition coefficient (Wildman–Crippen LogP) is 4.08. The number of hydrogen-bond donors (Lipinski definition) is 1. The molecule has 1 aliphatic heterocycles. The van der Waals surface area contributed by atoms with Gasteiger partial charge < -0.3 is 5.73 Å². The number of rotatable bonds is 6. The third-order valence-corrected chi connectivity index (χ3v) is 4.57. The first kappa shape index (κ1) is 16.3. The molecule has 1 heterocycles. The first-order valence-corrected chi connectivity index (χ1v) is 8.37. The van der Waals surface area contributed by atoms with E-state index in [0.717, 1.165) is 25.9 Å². The number of nitrogens with two attached hydrogens (primary N) is 1. The van der Waals surface area contributed by atoms with Crippen molar-refractivity contribution in [3.05, 3.63) is 69.2 Å². The van der Waals surface area contributed by atoms with Crippen LogP contribution in [0.5, 0.6) is 0 Å². The van der Waals surface area contributed by atoms with Gasteiger partial charge in [0.25, 0.3) is 0 Å². The van der Waals surface area contributed by atoms with Crippen molar-refractivity contribution in [1.82, 2.24) is 4.90 Å². The van der Waals surface area contributed by atoms with E-state index in [1.807, 2.05) is 24.3 Å². The van der Waals surface area contributed by atoms with E-state index in [1.54, 1.807) is 18.2 Å². The number of primary amides is 1. The van der Waals surface area contributed by atoms with Gasteiger partial charge in [0.05, 0.1) is 0 Å². The Hall–Kier alpha value is -1.55. The van der Waals surface area contributed by atoms with Crippen LogP contribution in [0.25, 0.3) is 0 Å². The van der Waals surface area contributed by atoms with Gasteiger partial charge in [-0.2, -0.15) is 0 Å². The van der Waals surface area contributed by atoms with Gasteiger partial charge in [-0.3, -0.25) is 9.69 Å². The van der Waals surface area contributed by atoms with Gasteiger partial charge in [0.15, 0.2) is 0 Å². The minimum absolute atomic E-state index is 0.385. The summed E-state index contributed by atoms with van der Waals surface area (Å²) >= 11 is 12.1. The van der Waals surface area contributed by atoms with E-state index in [9.17, 15) is 4.79 Å². The largest absolute Gasteiger partial charge is 0.366 e. The predicted molar refractivity (Wildman–Crippen MR) is 94.1 cm³/mol. The van der Waals surface area contributed by atoms with Gasteiger partial charge in [-0.25, -0.2) is 0 Å². The van der Waals surface area contributed by atoms with Crippen LogP contribution >= 0.6 is 23.2 Å². The second-order valence-corrected chi connectivity index (χ2v) is 6.75. The van der Waals surface area contributed by atoms with E-state index < -0.39 is 0 Å². The van der Waals surface area contributed by atoms with Gasteiger partial charge in [-0.15, -0.1) is 0 Å². The van der Waals surface area contributed by atoms with E-state index >= 15 is 0 Å². The third kappa shape index (κ3) is 4.25. The van der Waals surface area contributed by atoms with E-state index in [1.165, 1.54) is 11.1 Å². The number of hydrogen-bond acceptors (Lipinski definition) is 2. The zero-order valence-electron chi connectivity index (χ0n) is 12.6. The molecule has 3 nitrogen and oxygen atoms in total. The standard InChI is InChI=1S/C18H18Cl2N2O/c19-15-8-14(9-16(20)10-15)17-11-22(17)7-1-2-12-3-5-13(6-4-12)18(21)23/h3-6,8-10,17H,1-2,7,11H2,(H2,21,23). The molecule has 2 atom stereocenters. The number of carbonyl (C=O) groups is 1. The summed E-state index contributed by atoms with van der Waals surface area (Å²) < 4.78 is 0. The summed E-state index contributed by atoms with van der Waals surface area (Å²) in [6, 6.07) is 13.7. The molecule has 1 aliphatic rings. The lowest BCUT2D eigenvalue weighted by molar-refractivity contribution is 0.100. The molecule has 0 saturated carbocycles. The average Bonchev–Trinajstić information content (AvgIpc) is 3.26. The first-order chi connectivity index (χ1) is 11.0. The van der Waals surface area contributed by atoms with Crippen molar-refractivity contribution in [3.8, 4) is 0 Å². The SMILES string of the molecule is NC(=O)c1ccc(CCCN2CC2c2cc(Cl)cc(Cl)c2)cc1. The fourth-order valence-electron chi connectivity index (χ4n) is 2.83. The van der Waals surface area contributed by atoms with Crippen molar-refractivity contribution in [3.63, 3.8) is 0 Å². The number of halogens is 2. The number of benzene rings is 2. The number of aryl methyl sites for hydroxylation is 1. The molecule has 1 fully saturated rings. The van der Waals surface area contributed by atoms with Gasteiger partial charge in [0.1, 0.15) is 0 Å². The van der Waals surface area contributed by atoms with E-state index in [-0.39, 0.29) is 5.91 Å². The van der Waals surface area contributed by atoms with Gasteiger partial charge in [-0.05, 0) is 60.8 Å². The van der Waals surface area contributed by atoms with Gasteiger partial charge in [-0.1, -0.05) is 35.3 Å². The van der Waals surface area contributed by atoms with Crippen LogP contribution < -0.4 is 5.73 Å². The zero-order chi connectivity index (χ0) is 16.4. The smallest absolute Gasteiger partial charge is 0.248 e. The van der Waals surface area contributed by atoms with Crippen molar-refractivity contribution in [2.24, 2.45) is 5.73 Å². The minimum atomic E-state index is -0.385. The molecule has 2 aromatic carbocycles. The van der Waals surface area contributed by atoms with Crippen molar-refractivity contribution in [2.75, 3.05) is 13.1 Å². The first-order valence-electron chi connectivity index (χ1n) is 7.62. The molecule has 3 rings (SSSR count). The summed E-state index contributed by atoms with van der Waals surface area (Å²) in [4.78, 5) is 13.4. The Bertz CT molecular complexity index is 695. The fourth-order valence-corrected chi connectivity index (χ4v) is 3.37. The second kappa shape index (κ2) is 6.91. The van der Waals surface area contributed by atoms with Crippen molar-refractivity contribution < 1.29 is 4.79 Å².